The van der Waals surface area contributed by atoms with Gasteiger partial charge in [-0.2, -0.15) is 0 Å². The Morgan fingerprint density at radius 1 is 1.33 bits per heavy atom. The van der Waals surface area contributed by atoms with Gasteiger partial charge in [-0.3, -0.25) is 4.79 Å². The molecule has 0 heterocycles. The number of hydrogen-bond donors (Lipinski definition) is 2. The first-order chi connectivity index (χ1) is 10.1. The molecule has 1 saturated carbocycles. The fraction of sp³-hybridized carbons (Fsp3) is 0.588. The lowest BCUT2D eigenvalue weighted by Gasteiger charge is -2.38. The van der Waals surface area contributed by atoms with Crippen LogP contribution >= 0.6 is 0 Å². The molecular formula is C17H25NO3. The van der Waals surface area contributed by atoms with E-state index in [0.717, 1.165) is 31.4 Å². The van der Waals surface area contributed by atoms with Crippen molar-refractivity contribution in [2.24, 2.45) is 5.92 Å². The molecule has 4 nitrogen and oxygen atoms in total. The fourth-order valence-electron chi connectivity index (χ4n) is 2.82. The Kier molecular flexibility index (Phi) is 5.23. The average Bonchev–Trinajstić information content (AvgIpc) is 2.51. The van der Waals surface area contributed by atoms with Crippen molar-refractivity contribution in [1.29, 1.82) is 0 Å². The van der Waals surface area contributed by atoms with Gasteiger partial charge in [-0.1, -0.05) is 6.92 Å². The summed E-state index contributed by atoms with van der Waals surface area (Å²) in [4.78, 5) is 12.4. The SMILES string of the molecule is CCOc1ccc(C(=O)NC2(CO)CCC(C)CC2)cc1. The number of aliphatic hydroxyl groups excluding tert-OH is 1. The molecule has 0 saturated heterocycles. The number of carbonyl (C=O) groups excluding carboxylic acids is 1. The van der Waals surface area contributed by atoms with Gasteiger partial charge in [0.15, 0.2) is 0 Å². The number of carbonyl (C=O) groups is 1. The minimum absolute atomic E-state index is 0.00247. The van der Waals surface area contributed by atoms with Crippen molar-refractivity contribution in [3.63, 3.8) is 0 Å². The van der Waals surface area contributed by atoms with Crippen LogP contribution in [0.3, 0.4) is 0 Å². The summed E-state index contributed by atoms with van der Waals surface area (Å²) >= 11 is 0. The van der Waals surface area contributed by atoms with E-state index in [1.165, 1.54) is 0 Å². The zero-order valence-electron chi connectivity index (χ0n) is 12.9. The van der Waals surface area contributed by atoms with E-state index in [0.29, 0.717) is 18.1 Å². The van der Waals surface area contributed by atoms with Crippen molar-refractivity contribution >= 4 is 5.91 Å². The number of hydrogen-bond acceptors (Lipinski definition) is 3. The second-order valence-corrected chi connectivity index (χ2v) is 6.03. The van der Waals surface area contributed by atoms with Crippen molar-refractivity contribution in [3.05, 3.63) is 29.8 Å². The van der Waals surface area contributed by atoms with Gasteiger partial charge in [0, 0.05) is 5.56 Å². The van der Waals surface area contributed by atoms with Crippen LogP contribution in [-0.2, 0) is 0 Å². The third kappa shape index (κ3) is 3.97. The van der Waals surface area contributed by atoms with E-state index in [-0.39, 0.29) is 12.5 Å². The predicted molar refractivity (Wildman–Crippen MR) is 82.5 cm³/mol. The number of ether oxygens (including phenoxy) is 1. The Hall–Kier alpha value is -1.55. The van der Waals surface area contributed by atoms with Crippen molar-refractivity contribution in [3.8, 4) is 5.75 Å². The zero-order valence-corrected chi connectivity index (χ0v) is 12.9. The van der Waals surface area contributed by atoms with E-state index in [9.17, 15) is 9.90 Å². The van der Waals surface area contributed by atoms with Gasteiger partial charge < -0.3 is 15.2 Å². The normalized spacial score (nSPS) is 25.4. The maximum Gasteiger partial charge on any atom is 0.251 e. The Balaban J connectivity index is 2.02. The number of rotatable bonds is 5. The molecule has 1 fully saturated rings. The minimum atomic E-state index is -0.456. The number of amides is 1. The van der Waals surface area contributed by atoms with Gasteiger partial charge in [0.25, 0.3) is 5.91 Å². The maximum absolute atomic E-state index is 12.4. The summed E-state index contributed by atoms with van der Waals surface area (Å²) in [5.41, 5.74) is 0.146. The van der Waals surface area contributed by atoms with Crippen molar-refractivity contribution in [1.82, 2.24) is 5.32 Å². The molecule has 0 atom stereocenters. The highest BCUT2D eigenvalue weighted by Crippen LogP contribution is 2.31. The molecule has 0 spiro atoms. The Morgan fingerprint density at radius 3 is 2.48 bits per heavy atom. The van der Waals surface area contributed by atoms with Gasteiger partial charge in [-0.05, 0) is 62.8 Å². The largest absolute Gasteiger partial charge is 0.494 e. The first-order valence-electron chi connectivity index (χ1n) is 7.75. The Bertz CT molecular complexity index is 461. The van der Waals surface area contributed by atoms with E-state index in [4.69, 9.17) is 4.74 Å². The maximum atomic E-state index is 12.4. The molecule has 116 valence electrons. The van der Waals surface area contributed by atoms with Crippen LogP contribution in [0.1, 0.15) is 49.9 Å². The van der Waals surface area contributed by atoms with E-state index in [1.807, 2.05) is 6.92 Å². The predicted octanol–water partition coefficient (Wildman–Crippen LogP) is 2.76. The summed E-state index contributed by atoms with van der Waals surface area (Å²) in [6, 6.07) is 7.12. The van der Waals surface area contributed by atoms with Crippen LogP contribution in [-0.4, -0.2) is 29.8 Å². The molecule has 1 aliphatic carbocycles. The van der Waals surface area contributed by atoms with Crippen molar-refractivity contribution in [2.75, 3.05) is 13.2 Å². The van der Waals surface area contributed by atoms with Crippen LogP contribution in [0.5, 0.6) is 5.75 Å². The van der Waals surface area contributed by atoms with Crippen LogP contribution in [0.15, 0.2) is 24.3 Å². The number of nitrogens with one attached hydrogen (secondary N) is 1. The average molecular weight is 291 g/mol. The molecule has 4 heteroatoms. The van der Waals surface area contributed by atoms with Gasteiger partial charge >= 0.3 is 0 Å². The highest BCUT2D eigenvalue weighted by molar-refractivity contribution is 5.94. The standard InChI is InChI=1S/C17H25NO3/c1-3-21-15-6-4-14(5-7-15)16(20)18-17(12-19)10-8-13(2)9-11-17/h4-7,13,19H,3,8-12H2,1-2H3,(H,18,20). The summed E-state index contributed by atoms with van der Waals surface area (Å²) in [6.07, 6.45) is 3.77. The lowest BCUT2D eigenvalue weighted by molar-refractivity contribution is 0.0717. The summed E-state index contributed by atoms with van der Waals surface area (Å²) in [7, 11) is 0. The summed E-state index contributed by atoms with van der Waals surface area (Å²) < 4.78 is 5.37. The lowest BCUT2D eigenvalue weighted by atomic mass is 9.77. The highest BCUT2D eigenvalue weighted by atomic mass is 16.5. The monoisotopic (exact) mass is 291 g/mol. The van der Waals surface area contributed by atoms with Gasteiger partial charge in [-0.25, -0.2) is 0 Å². The molecular weight excluding hydrogens is 266 g/mol. The van der Waals surface area contributed by atoms with E-state index < -0.39 is 5.54 Å². The first kappa shape index (κ1) is 15.8. The first-order valence-corrected chi connectivity index (χ1v) is 7.75. The molecule has 21 heavy (non-hydrogen) atoms. The molecule has 1 aromatic carbocycles. The molecule has 1 aliphatic rings. The molecule has 1 aromatic rings. The van der Waals surface area contributed by atoms with Crippen LogP contribution in [0.25, 0.3) is 0 Å². The second-order valence-electron chi connectivity index (χ2n) is 6.03. The number of benzene rings is 1. The smallest absolute Gasteiger partial charge is 0.251 e. The van der Waals surface area contributed by atoms with Gasteiger partial charge in [0.05, 0.1) is 18.8 Å². The molecule has 2 N–H and O–H groups in total. The van der Waals surface area contributed by atoms with Crippen molar-refractivity contribution in [2.45, 2.75) is 45.1 Å². The van der Waals surface area contributed by atoms with Crippen LogP contribution < -0.4 is 10.1 Å². The zero-order chi connectivity index (χ0) is 15.3. The fourth-order valence-corrected chi connectivity index (χ4v) is 2.82. The summed E-state index contributed by atoms with van der Waals surface area (Å²) in [5, 5.41) is 12.7. The van der Waals surface area contributed by atoms with Crippen LogP contribution in [0, 0.1) is 5.92 Å². The molecule has 0 unspecified atom stereocenters. The number of aliphatic hydroxyl groups is 1. The molecule has 0 bridgehead atoms. The second kappa shape index (κ2) is 6.94. The summed E-state index contributed by atoms with van der Waals surface area (Å²) in [6.45, 7) is 4.76. The quantitative estimate of drug-likeness (QED) is 0.877. The van der Waals surface area contributed by atoms with Gasteiger partial charge in [0.2, 0.25) is 0 Å². The van der Waals surface area contributed by atoms with Crippen LogP contribution in [0.2, 0.25) is 0 Å². The van der Waals surface area contributed by atoms with E-state index in [1.54, 1.807) is 24.3 Å². The van der Waals surface area contributed by atoms with Gasteiger partial charge in [-0.15, -0.1) is 0 Å². The highest BCUT2D eigenvalue weighted by Gasteiger charge is 2.35. The molecule has 0 aromatic heterocycles. The summed E-state index contributed by atoms with van der Waals surface area (Å²) in [5.74, 6) is 1.31. The van der Waals surface area contributed by atoms with Crippen molar-refractivity contribution < 1.29 is 14.6 Å². The van der Waals surface area contributed by atoms with Gasteiger partial charge in [0.1, 0.15) is 5.75 Å². The lowest BCUT2D eigenvalue weighted by Crippen LogP contribution is -2.53. The molecule has 1 amide bonds. The Labute approximate surface area is 126 Å². The van der Waals surface area contributed by atoms with E-state index in [2.05, 4.69) is 12.2 Å². The van der Waals surface area contributed by atoms with E-state index >= 15 is 0 Å². The minimum Gasteiger partial charge on any atom is -0.494 e. The molecule has 2 rings (SSSR count). The third-order valence-electron chi connectivity index (χ3n) is 4.34. The molecule has 0 radical (unpaired) electrons. The third-order valence-corrected chi connectivity index (χ3v) is 4.34. The topological polar surface area (TPSA) is 58.6 Å². The molecule has 0 aliphatic heterocycles. The Morgan fingerprint density at radius 2 is 1.95 bits per heavy atom. The van der Waals surface area contributed by atoms with Crippen LogP contribution in [0.4, 0.5) is 0 Å².